The van der Waals surface area contributed by atoms with Crippen LogP contribution in [0.15, 0.2) is 83.8 Å². The number of amides is 2. The highest BCUT2D eigenvalue weighted by atomic mass is 32.2. The predicted molar refractivity (Wildman–Crippen MR) is 150 cm³/mol. The zero-order valence-electron chi connectivity index (χ0n) is 21.9. The highest BCUT2D eigenvalue weighted by molar-refractivity contribution is 7.99. The van der Waals surface area contributed by atoms with Crippen molar-refractivity contribution in [1.29, 1.82) is 0 Å². The van der Waals surface area contributed by atoms with Crippen LogP contribution in [0.2, 0.25) is 0 Å². The van der Waals surface area contributed by atoms with Gasteiger partial charge in [-0.25, -0.2) is 0 Å². The van der Waals surface area contributed by atoms with E-state index in [1.807, 2.05) is 48.5 Å². The summed E-state index contributed by atoms with van der Waals surface area (Å²) in [5.41, 5.74) is 4.44. The highest BCUT2D eigenvalue weighted by Gasteiger charge is 2.30. The molecule has 0 saturated heterocycles. The SMILES string of the molecule is Cc1ccc(SCCC(=O)N(Cc2ccccc2C)C(Cc2ccccc2)C(=O)NCC(C)C)cc1. The van der Waals surface area contributed by atoms with E-state index in [0.29, 0.717) is 37.6 Å². The third-order valence-corrected chi connectivity index (χ3v) is 7.18. The lowest BCUT2D eigenvalue weighted by atomic mass is 10.0. The Labute approximate surface area is 220 Å². The Kier molecular flexibility index (Phi) is 10.6. The van der Waals surface area contributed by atoms with Crippen molar-refractivity contribution in [3.05, 3.63) is 101 Å². The predicted octanol–water partition coefficient (Wildman–Crippen LogP) is 6.20. The molecule has 0 heterocycles. The highest BCUT2D eigenvalue weighted by Crippen LogP contribution is 2.22. The number of hydrogen-bond acceptors (Lipinski definition) is 3. The molecule has 3 aromatic carbocycles. The average Bonchev–Trinajstić information content (AvgIpc) is 2.87. The van der Waals surface area contributed by atoms with Crippen molar-refractivity contribution in [3.8, 4) is 0 Å². The number of aryl methyl sites for hydroxylation is 2. The Hall–Kier alpha value is -3.05. The lowest BCUT2D eigenvalue weighted by molar-refractivity contribution is -0.141. The first kappa shape index (κ1) is 27.5. The van der Waals surface area contributed by atoms with Gasteiger partial charge in [-0.1, -0.05) is 86.1 Å². The zero-order valence-corrected chi connectivity index (χ0v) is 22.7. The van der Waals surface area contributed by atoms with E-state index in [2.05, 4.69) is 63.3 Å². The molecule has 0 radical (unpaired) electrons. The van der Waals surface area contributed by atoms with Gasteiger partial charge in [-0.15, -0.1) is 11.8 Å². The summed E-state index contributed by atoms with van der Waals surface area (Å²) in [6.07, 6.45) is 0.848. The molecule has 2 amide bonds. The van der Waals surface area contributed by atoms with Gasteiger partial charge in [0, 0.05) is 36.6 Å². The first-order valence-electron chi connectivity index (χ1n) is 12.7. The third kappa shape index (κ3) is 8.56. The van der Waals surface area contributed by atoms with Gasteiger partial charge in [0.25, 0.3) is 0 Å². The molecule has 0 saturated carbocycles. The minimum absolute atomic E-state index is 0.00140. The molecular formula is C31H38N2O2S. The minimum atomic E-state index is -0.581. The summed E-state index contributed by atoms with van der Waals surface area (Å²) in [6.45, 7) is 9.26. The normalized spacial score (nSPS) is 11.8. The van der Waals surface area contributed by atoms with E-state index in [-0.39, 0.29) is 11.8 Å². The topological polar surface area (TPSA) is 49.4 Å². The van der Waals surface area contributed by atoms with Crippen LogP contribution in [0.25, 0.3) is 0 Å². The molecule has 0 aliphatic heterocycles. The summed E-state index contributed by atoms with van der Waals surface area (Å²) in [7, 11) is 0. The first-order valence-corrected chi connectivity index (χ1v) is 13.7. The van der Waals surface area contributed by atoms with Gasteiger partial charge in [0.15, 0.2) is 0 Å². The zero-order chi connectivity index (χ0) is 25.9. The molecule has 0 aromatic heterocycles. The molecule has 1 atom stereocenters. The Bertz CT molecular complexity index is 1110. The monoisotopic (exact) mass is 502 g/mol. The van der Waals surface area contributed by atoms with Crippen LogP contribution in [0.3, 0.4) is 0 Å². The van der Waals surface area contributed by atoms with Gasteiger partial charge >= 0.3 is 0 Å². The molecule has 4 nitrogen and oxygen atoms in total. The standard InChI is InChI=1S/C31H38N2O2S/c1-23(2)21-32-31(35)29(20-26-11-6-5-7-12-26)33(22-27-13-9-8-10-25(27)4)30(34)18-19-36-28-16-14-24(3)15-17-28/h5-17,23,29H,18-22H2,1-4H3,(H,32,35). The van der Waals surface area contributed by atoms with Crippen LogP contribution >= 0.6 is 11.8 Å². The van der Waals surface area contributed by atoms with Crippen molar-refractivity contribution in [2.45, 2.75) is 58.0 Å². The third-order valence-electron chi connectivity index (χ3n) is 6.16. The summed E-state index contributed by atoms with van der Waals surface area (Å²) in [5, 5.41) is 3.09. The first-order chi connectivity index (χ1) is 17.3. The fraction of sp³-hybridized carbons (Fsp3) is 0.355. The van der Waals surface area contributed by atoms with E-state index in [0.717, 1.165) is 21.6 Å². The quantitative estimate of drug-likeness (QED) is 0.300. The van der Waals surface area contributed by atoms with Crippen molar-refractivity contribution in [2.24, 2.45) is 5.92 Å². The van der Waals surface area contributed by atoms with Crippen molar-refractivity contribution >= 4 is 23.6 Å². The van der Waals surface area contributed by atoms with Crippen molar-refractivity contribution in [3.63, 3.8) is 0 Å². The number of hydrogen-bond donors (Lipinski definition) is 1. The van der Waals surface area contributed by atoms with Gasteiger partial charge in [-0.2, -0.15) is 0 Å². The molecule has 1 N–H and O–H groups in total. The van der Waals surface area contributed by atoms with Crippen molar-refractivity contribution < 1.29 is 9.59 Å². The molecular weight excluding hydrogens is 464 g/mol. The molecule has 1 unspecified atom stereocenters. The fourth-order valence-corrected chi connectivity index (χ4v) is 4.82. The smallest absolute Gasteiger partial charge is 0.243 e. The molecule has 36 heavy (non-hydrogen) atoms. The summed E-state index contributed by atoms with van der Waals surface area (Å²) in [5.74, 6) is 0.898. The van der Waals surface area contributed by atoms with Crippen LogP contribution in [0.1, 0.15) is 42.5 Å². The summed E-state index contributed by atoms with van der Waals surface area (Å²) < 4.78 is 0. The maximum absolute atomic E-state index is 13.7. The Morgan fingerprint density at radius 3 is 2.22 bits per heavy atom. The Morgan fingerprint density at radius 2 is 1.56 bits per heavy atom. The van der Waals surface area contributed by atoms with E-state index in [9.17, 15) is 9.59 Å². The Balaban J connectivity index is 1.84. The van der Waals surface area contributed by atoms with E-state index in [1.165, 1.54) is 5.56 Å². The number of benzene rings is 3. The molecule has 0 fully saturated rings. The number of carbonyl (C=O) groups excluding carboxylic acids is 2. The van der Waals surface area contributed by atoms with E-state index >= 15 is 0 Å². The van der Waals surface area contributed by atoms with Gasteiger partial charge in [0.1, 0.15) is 6.04 Å². The molecule has 0 bridgehead atoms. The van der Waals surface area contributed by atoms with E-state index < -0.39 is 6.04 Å². The van der Waals surface area contributed by atoms with Gasteiger partial charge < -0.3 is 10.2 Å². The van der Waals surface area contributed by atoms with Gasteiger partial charge in [0.2, 0.25) is 11.8 Å². The van der Waals surface area contributed by atoms with Crippen molar-refractivity contribution in [2.75, 3.05) is 12.3 Å². The molecule has 3 aromatic rings. The van der Waals surface area contributed by atoms with E-state index in [1.54, 1.807) is 16.7 Å². The second kappa shape index (κ2) is 13.9. The van der Waals surface area contributed by atoms with Gasteiger partial charge in [-0.3, -0.25) is 9.59 Å². The van der Waals surface area contributed by atoms with Crippen LogP contribution in [0, 0.1) is 19.8 Å². The molecule has 5 heteroatoms. The van der Waals surface area contributed by atoms with Crippen LogP contribution < -0.4 is 5.32 Å². The minimum Gasteiger partial charge on any atom is -0.354 e. The molecule has 0 spiro atoms. The molecule has 0 aliphatic rings. The number of nitrogens with one attached hydrogen (secondary N) is 1. The van der Waals surface area contributed by atoms with Gasteiger partial charge in [0.05, 0.1) is 0 Å². The number of rotatable bonds is 12. The lowest BCUT2D eigenvalue weighted by Gasteiger charge is -2.32. The van der Waals surface area contributed by atoms with Crippen LogP contribution in [-0.4, -0.2) is 35.1 Å². The summed E-state index contributed by atoms with van der Waals surface area (Å²) >= 11 is 1.67. The van der Waals surface area contributed by atoms with Gasteiger partial charge in [-0.05, 0) is 48.6 Å². The number of nitrogens with zero attached hydrogens (tertiary/aromatic N) is 1. The molecule has 3 rings (SSSR count). The fourth-order valence-electron chi connectivity index (χ4n) is 3.98. The van der Waals surface area contributed by atoms with E-state index in [4.69, 9.17) is 0 Å². The second-order valence-electron chi connectivity index (χ2n) is 9.70. The Morgan fingerprint density at radius 1 is 0.889 bits per heavy atom. The number of thioether (sulfide) groups is 1. The maximum Gasteiger partial charge on any atom is 0.243 e. The van der Waals surface area contributed by atoms with Crippen LogP contribution in [0.4, 0.5) is 0 Å². The number of carbonyl (C=O) groups is 2. The lowest BCUT2D eigenvalue weighted by Crippen LogP contribution is -2.51. The molecule has 190 valence electrons. The maximum atomic E-state index is 13.7. The second-order valence-corrected chi connectivity index (χ2v) is 10.9. The average molecular weight is 503 g/mol. The largest absolute Gasteiger partial charge is 0.354 e. The van der Waals surface area contributed by atoms with Crippen LogP contribution in [0.5, 0.6) is 0 Å². The summed E-state index contributed by atoms with van der Waals surface area (Å²) in [4.78, 5) is 30.1. The van der Waals surface area contributed by atoms with Crippen LogP contribution in [-0.2, 0) is 22.6 Å². The molecule has 0 aliphatic carbocycles. The van der Waals surface area contributed by atoms with Crippen molar-refractivity contribution in [1.82, 2.24) is 10.2 Å². The summed E-state index contributed by atoms with van der Waals surface area (Å²) in [6, 6.07) is 25.8.